The number of nitrogen functional groups attached to an aromatic ring is 1. The number of carboxylic acids is 1. The molecule has 0 unspecified atom stereocenters. The number of rotatable bonds is 9. The van der Waals surface area contributed by atoms with Crippen molar-refractivity contribution in [3.05, 3.63) is 57.8 Å². The quantitative estimate of drug-likeness (QED) is 0.338. The van der Waals surface area contributed by atoms with Gasteiger partial charge in [-0.1, -0.05) is 19.1 Å². The zero-order valence-electron chi connectivity index (χ0n) is 18.3. The molecule has 2 aromatic rings. The minimum absolute atomic E-state index is 0.00173. The Morgan fingerprint density at radius 3 is 2.88 bits per heavy atom. The summed E-state index contributed by atoms with van der Waals surface area (Å²) >= 11 is 4.10. The van der Waals surface area contributed by atoms with Crippen molar-refractivity contribution >= 4 is 63.3 Å². The first kappa shape index (κ1) is 24.3. The van der Waals surface area contributed by atoms with E-state index in [1.807, 2.05) is 25.1 Å². The molecule has 0 saturated carbocycles. The number of fused-ring (bicyclic) bond motifs is 1. The largest absolute Gasteiger partial charge is 0.477 e. The fraction of sp³-hybridized carbons (Fsp3) is 0.318. The van der Waals surface area contributed by atoms with Crippen molar-refractivity contribution in [1.82, 2.24) is 20.2 Å². The van der Waals surface area contributed by atoms with E-state index in [9.17, 15) is 19.5 Å². The second-order valence-corrected chi connectivity index (χ2v) is 10.6. The van der Waals surface area contributed by atoms with Gasteiger partial charge in [0.2, 0.25) is 0 Å². The summed E-state index contributed by atoms with van der Waals surface area (Å²) in [5.74, 6) is -0.900. The summed E-state index contributed by atoms with van der Waals surface area (Å²) in [5, 5.41) is 14.2. The first-order valence-electron chi connectivity index (χ1n) is 10.6. The van der Waals surface area contributed by atoms with Crippen LogP contribution in [0.1, 0.15) is 24.7 Å². The number of thiazole rings is 1. The molecule has 0 bridgehead atoms. The number of carbonyl (C=O) groups is 3. The normalized spacial score (nSPS) is 20.1. The Hall–Kier alpha value is -2.83. The zero-order chi connectivity index (χ0) is 24.2. The molecule has 1 saturated heterocycles. The SMILES string of the molecule is CC/C=C(\C(=O)N[C@@H]1C(=O)N2C(C(=O)O)=C(SCCc3ccccn3)CS[C@H]12)c1csc(N)n1. The van der Waals surface area contributed by atoms with Gasteiger partial charge in [-0.3, -0.25) is 19.5 Å². The number of nitrogens with one attached hydrogen (secondary N) is 1. The second-order valence-electron chi connectivity index (χ2n) is 7.45. The fourth-order valence-electron chi connectivity index (χ4n) is 3.67. The monoisotopic (exact) mass is 517 g/mol. The van der Waals surface area contributed by atoms with E-state index in [1.165, 1.54) is 39.8 Å². The summed E-state index contributed by atoms with van der Waals surface area (Å²) in [7, 11) is 0. The third kappa shape index (κ3) is 4.98. The molecule has 0 aliphatic carbocycles. The van der Waals surface area contributed by atoms with E-state index in [1.54, 1.807) is 17.7 Å². The highest BCUT2D eigenvalue weighted by atomic mass is 32.2. The molecule has 4 rings (SSSR count). The van der Waals surface area contributed by atoms with Crippen LogP contribution < -0.4 is 11.1 Å². The molecule has 9 nitrogen and oxygen atoms in total. The van der Waals surface area contributed by atoms with E-state index in [0.29, 0.717) is 45.7 Å². The number of allylic oxidation sites excluding steroid dienone is 1. The predicted octanol–water partition coefficient (Wildman–Crippen LogP) is 2.59. The Morgan fingerprint density at radius 1 is 1.41 bits per heavy atom. The van der Waals surface area contributed by atoms with Gasteiger partial charge in [0.1, 0.15) is 17.1 Å². The minimum Gasteiger partial charge on any atom is -0.477 e. The molecule has 34 heavy (non-hydrogen) atoms. The van der Waals surface area contributed by atoms with Crippen LogP contribution in [0.2, 0.25) is 0 Å². The van der Waals surface area contributed by atoms with Crippen LogP contribution in [0.5, 0.6) is 0 Å². The molecule has 0 spiro atoms. The van der Waals surface area contributed by atoms with Gasteiger partial charge >= 0.3 is 5.97 Å². The maximum Gasteiger partial charge on any atom is 0.353 e. The smallest absolute Gasteiger partial charge is 0.353 e. The van der Waals surface area contributed by atoms with Crippen molar-refractivity contribution in [2.45, 2.75) is 31.2 Å². The number of carboxylic acid groups (broad SMARTS) is 1. The number of pyridine rings is 1. The van der Waals surface area contributed by atoms with Crippen molar-refractivity contribution in [3.63, 3.8) is 0 Å². The van der Waals surface area contributed by atoms with Gasteiger partial charge in [-0.2, -0.15) is 0 Å². The van der Waals surface area contributed by atoms with Crippen LogP contribution in [-0.2, 0) is 20.8 Å². The molecule has 178 valence electrons. The Morgan fingerprint density at radius 2 is 2.24 bits per heavy atom. The van der Waals surface area contributed by atoms with Crippen LogP contribution in [0.15, 0.2) is 46.5 Å². The van der Waals surface area contributed by atoms with Gasteiger partial charge in [-0.25, -0.2) is 9.78 Å². The third-order valence-corrected chi connectivity index (χ3v) is 8.46. The average Bonchev–Trinajstić information content (AvgIpc) is 3.26. The van der Waals surface area contributed by atoms with E-state index in [0.717, 1.165) is 5.69 Å². The topological polar surface area (TPSA) is 139 Å². The number of aromatic nitrogens is 2. The van der Waals surface area contributed by atoms with Gasteiger partial charge in [-0.05, 0) is 25.0 Å². The number of nitrogens with zero attached hydrogens (tertiary/aromatic N) is 3. The van der Waals surface area contributed by atoms with Gasteiger partial charge < -0.3 is 16.2 Å². The van der Waals surface area contributed by atoms with Crippen molar-refractivity contribution in [2.24, 2.45) is 0 Å². The van der Waals surface area contributed by atoms with E-state index in [4.69, 9.17) is 5.73 Å². The lowest BCUT2D eigenvalue weighted by molar-refractivity contribution is -0.150. The molecule has 2 aliphatic heterocycles. The first-order valence-corrected chi connectivity index (χ1v) is 13.5. The standard InChI is InChI=1S/C22H23N5O4S3/c1-2-5-13(14-10-34-22(23)25-14)18(28)26-16-19(29)27-17(21(30)31)15(11-33-20(16)27)32-9-7-12-6-3-4-8-24-12/h3-6,8,10,16,20H,2,7,9,11H2,1H3,(H2,23,25)(H,26,28)(H,30,31)/b13-5-/t16-,20-/m1/s1. The summed E-state index contributed by atoms with van der Waals surface area (Å²) in [5.41, 5.74) is 7.44. The average molecular weight is 518 g/mol. The Balaban J connectivity index is 1.45. The number of hydrogen-bond donors (Lipinski definition) is 3. The van der Waals surface area contributed by atoms with Gasteiger partial charge in [0.05, 0.1) is 11.3 Å². The number of thioether (sulfide) groups is 2. The second kappa shape index (κ2) is 10.6. The highest BCUT2D eigenvalue weighted by Gasteiger charge is 2.54. The van der Waals surface area contributed by atoms with Gasteiger partial charge in [-0.15, -0.1) is 34.9 Å². The minimum atomic E-state index is -1.15. The summed E-state index contributed by atoms with van der Waals surface area (Å²) in [6, 6.07) is 4.88. The zero-order valence-corrected chi connectivity index (χ0v) is 20.7. The van der Waals surface area contributed by atoms with Gasteiger partial charge in [0, 0.05) is 33.7 Å². The van der Waals surface area contributed by atoms with E-state index < -0.39 is 29.2 Å². The van der Waals surface area contributed by atoms with E-state index in [-0.39, 0.29) is 5.70 Å². The van der Waals surface area contributed by atoms with E-state index >= 15 is 0 Å². The number of β-lactam (4-membered cyclic amide) rings is 1. The highest BCUT2D eigenvalue weighted by Crippen LogP contribution is 2.43. The molecule has 4 heterocycles. The number of amides is 2. The maximum atomic E-state index is 12.9. The molecule has 1 fully saturated rings. The Labute approximate surface area is 208 Å². The molecule has 2 amide bonds. The predicted molar refractivity (Wildman–Crippen MR) is 135 cm³/mol. The van der Waals surface area contributed by atoms with E-state index in [2.05, 4.69) is 15.3 Å². The molecule has 4 N–H and O–H groups in total. The van der Waals surface area contributed by atoms with Crippen LogP contribution in [-0.4, -0.2) is 60.7 Å². The molecular formula is C22H23N5O4S3. The van der Waals surface area contributed by atoms with Gasteiger partial charge in [0.15, 0.2) is 5.13 Å². The van der Waals surface area contributed by atoms with Crippen LogP contribution in [0.4, 0.5) is 5.13 Å². The lowest BCUT2D eigenvalue weighted by atomic mass is 10.0. The van der Waals surface area contributed by atoms with Crippen molar-refractivity contribution in [3.8, 4) is 0 Å². The van der Waals surface area contributed by atoms with Crippen LogP contribution in [0.25, 0.3) is 5.57 Å². The number of hydrogen-bond acceptors (Lipinski definition) is 9. The lowest BCUT2D eigenvalue weighted by Crippen LogP contribution is -2.70. The summed E-state index contributed by atoms with van der Waals surface area (Å²) in [4.78, 5) is 48.3. The van der Waals surface area contributed by atoms with Crippen molar-refractivity contribution in [1.29, 1.82) is 0 Å². The molecule has 0 aromatic carbocycles. The number of aliphatic carboxylic acids is 1. The molecule has 2 atom stereocenters. The lowest BCUT2D eigenvalue weighted by Gasteiger charge is -2.49. The van der Waals surface area contributed by atoms with Crippen molar-refractivity contribution < 1.29 is 19.5 Å². The number of aryl methyl sites for hydroxylation is 1. The highest BCUT2D eigenvalue weighted by molar-refractivity contribution is 8.06. The summed E-state index contributed by atoms with van der Waals surface area (Å²) in [6.45, 7) is 1.90. The van der Waals surface area contributed by atoms with Crippen molar-refractivity contribution in [2.75, 3.05) is 17.2 Å². The molecule has 2 aliphatic rings. The summed E-state index contributed by atoms with van der Waals surface area (Å²) in [6.07, 6.45) is 4.75. The Kier molecular flexibility index (Phi) is 7.59. The Bertz CT molecular complexity index is 1160. The fourth-order valence-corrected chi connectivity index (χ4v) is 6.85. The van der Waals surface area contributed by atoms with Crippen LogP contribution in [0.3, 0.4) is 0 Å². The summed E-state index contributed by atoms with van der Waals surface area (Å²) < 4.78 is 0. The number of carbonyl (C=O) groups excluding carboxylic acids is 2. The molecule has 0 radical (unpaired) electrons. The third-order valence-electron chi connectivity index (χ3n) is 5.23. The first-order chi connectivity index (χ1) is 16.4. The number of anilines is 1. The molecule has 2 aromatic heterocycles. The maximum absolute atomic E-state index is 12.9. The van der Waals surface area contributed by atoms with Gasteiger partial charge in [0.25, 0.3) is 11.8 Å². The van der Waals surface area contributed by atoms with Crippen LogP contribution in [0, 0.1) is 0 Å². The van der Waals surface area contributed by atoms with Crippen LogP contribution >= 0.6 is 34.9 Å². The molecular weight excluding hydrogens is 494 g/mol. The molecule has 12 heteroatoms. The number of nitrogens with two attached hydrogens (primary N) is 1.